The second-order valence-corrected chi connectivity index (χ2v) is 13.9. The molecule has 0 aromatic heterocycles. The van der Waals surface area contributed by atoms with Crippen LogP contribution in [0.3, 0.4) is 0 Å². The molecule has 10 heteroatoms. The Morgan fingerprint density at radius 1 is 1.02 bits per heavy atom. The van der Waals surface area contributed by atoms with E-state index >= 15 is 0 Å². The molecule has 1 aromatic carbocycles. The zero-order valence-electron chi connectivity index (χ0n) is 26.1. The highest BCUT2D eigenvalue weighted by atomic mass is 16.6. The number of hydrogen-bond donors (Lipinski definition) is 2. The van der Waals surface area contributed by atoms with Gasteiger partial charge in [0.1, 0.15) is 29.5 Å². The maximum absolute atomic E-state index is 13.7. The molecule has 6 aliphatic rings. The molecular formula is C33H47NO9. The Kier molecular flexibility index (Phi) is 7.12. The minimum absolute atomic E-state index is 0.0186. The van der Waals surface area contributed by atoms with Crippen molar-refractivity contribution in [2.45, 2.75) is 73.9 Å². The van der Waals surface area contributed by atoms with Crippen LogP contribution >= 0.6 is 0 Å². The van der Waals surface area contributed by atoms with Gasteiger partial charge in [0.05, 0.1) is 24.4 Å². The quantitative estimate of drug-likeness (QED) is 0.406. The second-order valence-electron chi connectivity index (χ2n) is 13.9. The van der Waals surface area contributed by atoms with E-state index < -0.39 is 46.8 Å². The van der Waals surface area contributed by atoms with Crippen LogP contribution in [0.2, 0.25) is 0 Å². The van der Waals surface area contributed by atoms with Gasteiger partial charge in [0.15, 0.2) is 0 Å². The molecular weight excluding hydrogens is 554 g/mol. The Morgan fingerprint density at radius 2 is 1.77 bits per heavy atom. The first-order chi connectivity index (χ1) is 20.7. The molecule has 1 aromatic rings. The van der Waals surface area contributed by atoms with Crippen molar-refractivity contribution >= 4 is 5.97 Å². The van der Waals surface area contributed by atoms with Crippen molar-refractivity contribution in [2.75, 3.05) is 55.2 Å². The molecule has 0 radical (unpaired) electrons. The number of carbonyl (C=O) groups is 1. The SMILES string of the molecule is CCN1C[C@]2(COC)CC[C@H](OC)[C@@]34[C@@H]5C[C@@]6(O)[C@H](OC(=O)c7ccccc7)[C@@H]5[C@@](OC)([C@@H]([C@H](OC)[C@H]23)[C@@H]14)[C@@H](O)[C@@H]6OC. The van der Waals surface area contributed by atoms with Gasteiger partial charge in [-0.05, 0) is 43.9 Å². The van der Waals surface area contributed by atoms with Gasteiger partial charge in [-0.2, -0.15) is 0 Å². The average Bonchev–Trinajstić information content (AvgIpc) is 3.39. The molecule has 43 heavy (non-hydrogen) atoms. The molecule has 1 aliphatic heterocycles. The molecule has 0 unspecified atom stereocenters. The molecule has 10 nitrogen and oxygen atoms in total. The van der Waals surface area contributed by atoms with Crippen LogP contribution in [0.4, 0.5) is 0 Å². The van der Waals surface area contributed by atoms with E-state index in [1.54, 1.807) is 52.7 Å². The lowest BCUT2D eigenvalue weighted by Crippen LogP contribution is -2.80. The Morgan fingerprint density at radius 3 is 2.37 bits per heavy atom. The van der Waals surface area contributed by atoms with Crippen LogP contribution in [0, 0.1) is 34.5 Å². The lowest BCUT2D eigenvalue weighted by atomic mass is 9.43. The first-order valence-electron chi connectivity index (χ1n) is 15.7. The number of methoxy groups -OCH3 is 5. The van der Waals surface area contributed by atoms with Crippen molar-refractivity contribution in [1.82, 2.24) is 4.90 Å². The van der Waals surface area contributed by atoms with Crippen molar-refractivity contribution in [2.24, 2.45) is 34.5 Å². The van der Waals surface area contributed by atoms with Gasteiger partial charge in [-0.1, -0.05) is 25.1 Å². The smallest absolute Gasteiger partial charge is 0.338 e. The fourth-order valence-corrected chi connectivity index (χ4v) is 12.3. The number of aliphatic hydroxyl groups excluding tert-OH is 1. The van der Waals surface area contributed by atoms with Gasteiger partial charge in [0, 0.05) is 76.7 Å². The minimum atomic E-state index is -1.64. The number of ether oxygens (including phenoxy) is 6. The van der Waals surface area contributed by atoms with Crippen LogP contribution in [0.15, 0.2) is 30.3 Å². The Labute approximate surface area is 253 Å². The summed E-state index contributed by atoms with van der Waals surface area (Å²) in [7, 11) is 8.45. The number of rotatable bonds is 9. The number of carbonyl (C=O) groups excluding carboxylic acids is 1. The number of likely N-dealkylation sites (tertiary alicyclic amines) is 1. The number of benzene rings is 1. The van der Waals surface area contributed by atoms with Crippen molar-refractivity contribution in [3.63, 3.8) is 0 Å². The van der Waals surface area contributed by atoms with E-state index in [4.69, 9.17) is 28.4 Å². The highest BCUT2D eigenvalue weighted by Gasteiger charge is 2.90. The molecule has 1 heterocycles. The Bertz CT molecular complexity index is 1230. The summed E-state index contributed by atoms with van der Waals surface area (Å²) in [6.45, 7) is 4.40. The van der Waals surface area contributed by atoms with Gasteiger partial charge in [0.2, 0.25) is 0 Å². The van der Waals surface area contributed by atoms with Crippen LogP contribution < -0.4 is 0 Å². The fraction of sp³-hybridized carbons (Fsp3) is 0.788. The molecule has 7 rings (SSSR count). The highest BCUT2D eigenvalue weighted by molar-refractivity contribution is 5.89. The third-order valence-corrected chi connectivity index (χ3v) is 13.1. The Balaban J connectivity index is 1.49. The van der Waals surface area contributed by atoms with Crippen LogP contribution in [-0.2, 0) is 28.4 Å². The van der Waals surface area contributed by atoms with Crippen LogP contribution in [0.25, 0.3) is 0 Å². The van der Waals surface area contributed by atoms with E-state index in [1.807, 2.05) is 6.07 Å². The first kappa shape index (κ1) is 30.0. The first-order valence-corrected chi connectivity index (χ1v) is 15.7. The third kappa shape index (κ3) is 3.34. The molecule has 1 saturated heterocycles. The topological polar surface area (TPSA) is 116 Å². The predicted molar refractivity (Wildman–Crippen MR) is 154 cm³/mol. The molecule has 14 atom stereocenters. The normalized spacial score (nSPS) is 51.0. The van der Waals surface area contributed by atoms with E-state index in [9.17, 15) is 15.0 Å². The summed E-state index contributed by atoms with van der Waals surface area (Å²) in [5.41, 5.74) is -3.15. The number of hydrogen-bond acceptors (Lipinski definition) is 10. The van der Waals surface area contributed by atoms with Crippen LogP contribution in [-0.4, -0.2) is 124 Å². The summed E-state index contributed by atoms with van der Waals surface area (Å²) in [6.07, 6.45) is -1.58. The lowest BCUT2D eigenvalue weighted by Gasteiger charge is -2.69. The van der Waals surface area contributed by atoms with Crippen molar-refractivity contribution < 1.29 is 43.4 Å². The second kappa shape index (κ2) is 10.2. The molecule has 7 bridgehead atoms. The van der Waals surface area contributed by atoms with E-state index in [2.05, 4.69) is 11.8 Å². The van der Waals surface area contributed by atoms with Crippen LogP contribution in [0.1, 0.15) is 36.5 Å². The largest absolute Gasteiger partial charge is 0.455 e. The molecule has 5 saturated carbocycles. The predicted octanol–water partition coefficient (Wildman–Crippen LogP) is 1.76. The molecule has 5 aliphatic carbocycles. The maximum Gasteiger partial charge on any atom is 0.338 e. The highest BCUT2D eigenvalue weighted by Crippen LogP contribution is 2.80. The van der Waals surface area contributed by atoms with E-state index in [1.165, 1.54) is 7.11 Å². The summed E-state index contributed by atoms with van der Waals surface area (Å²) in [4.78, 5) is 16.2. The van der Waals surface area contributed by atoms with E-state index in [0.29, 0.717) is 12.2 Å². The molecule has 1 spiro atoms. The number of fused-ring (bicyclic) bond motifs is 2. The summed E-state index contributed by atoms with van der Waals surface area (Å²) < 4.78 is 38.0. The number of esters is 1. The van der Waals surface area contributed by atoms with E-state index in [-0.39, 0.29) is 47.8 Å². The number of aliphatic hydroxyl groups is 2. The standard InChI is InChI=1S/C33H47NO9/c1-7-34-16-30(17-38-2)14-13-20(39-3)32-19-15-31(37)27(43-29(36)18-11-9-8-10-12-18)21(19)33(42-6,26(35)28(31)41-5)22(25(32)34)23(40-4)24(30)32/h8-12,19-28,35,37H,7,13-17H2,1-6H3/t19-,20+,21-,22+,23+,24-,25-,26+,27-,28+,30+,31-,32+,33-/m1/s1. The fourth-order valence-electron chi connectivity index (χ4n) is 12.3. The van der Waals surface area contributed by atoms with Gasteiger partial charge in [-0.25, -0.2) is 4.79 Å². The van der Waals surface area contributed by atoms with Gasteiger partial charge < -0.3 is 38.6 Å². The summed E-state index contributed by atoms with van der Waals surface area (Å²) in [5.74, 6) is -1.55. The van der Waals surface area contributed by atoms with Gasteiger partial charge in [0.25, 0.3) is 0 Å². The molecule has 0 amide bonds. The van der Waals surface area contributed by atoms with Gasteiger partial charge >= 0.3 is 5.97 Å². The molecule has 2 N–H and O–H groups in total. The summed E-state index contributed by atoms with van der Waals surface area (Å²) in [5, 5.41) is 25.1. The van der Waals surface area contributed by atoms with E-state index in [0.717, 1.165) is 25.9 Å². The molecule has 238 valence electrons. The van der Waals surface area contributed by atoms with Crippen molar-refractivity contribution in [3.05, 3.63) is 35.9 Å². The summed E-state index contributed by atoms with van der Waals surface area (Å²) >= 11 is 0. The van der Waals surface area contributed by atoms with Crippen molar-refractivity contribution in [1.29, 1.82) is 0 Å². The Hall–Kier alpha value is -1.63. The average molecular weight is 602 g/mol. The monoisotopic (exact) mass is 601 g/mol. The lowest BCUT2D eigenvalue weighted by molar-refractivity contribution is -0.321. The minimum Gasteiger partial charge on any atom is -0.455 e. The number of nitrogens with zero attached hydrogens (tertiary/aromatic N) is 1. The zero-order valence-corrected chi connectivity index (χ0v) is 26.1. The summed E-state index contributed by atoms with van der Waals surface area (Å²) in [6, 6.07) is 8.79. The van der Waals surface area contributed by atoms with Gasteiger partial charge in [-0.3, -0.25) is 4.90 Å². The number of piperidine rings is 1. The van der Waals surface area contributed by atoms with Gasteiger partial charge in [-0.15, -0.1) is 0 Å². The zero-order chi connectivity index (χ0) is 30.5. The van der Waals surface area contributed by atoms with Crippen molar-refractivity contribution in [3.8, 4) is 0 Å². The van der Waals surface area contributed by atoms with Crippen LogP contribution in [0.5, 0.6) is 0 Å². The molecule has 6 fully saturated rings. The third-order valence-electron chi connectivity index (χ3n) is 13.1. The maximum atomic E-state index is 13.7.